The first kappa shape index (κ1) is 6.69. The molecule has 2 saturated carbocycles. The second kappa shape index (κ2) is 2.94. The van der Waals surface area contributed by atoms with E-state index in [0.717, 1.165) is 11.8 Å². The molecule has 0 spiro atoms. The maximum Gasteiger partial charge on any atom is -0.0137 e. The Balaban J connectivity index is 1.93. The summed E-state index contributed by atoms with van der Waals surface area (Å²) in [6, 6.07) is 0. The van der Waals surface area contributed by atoms with Crippen LogP contribution in [0.25, 0.3) is 0 Å². The van der Waals surface area contributed by atoms with Crippen molar-refractivity contribution in [2.75, 3.05) is 0 Å². The minimum absolute atomic E-state index is 0.905. The second-order valence-corrected chi connectivity index (χ2v) is 3.75. The van der Waals surface area contributed by atoms with E-state index in [4.69, 9.17) is 0 Å². The molecule has 56 valence electrons. The summed E-state index contributed by atoms with van der Waals surface area (Å²) in [5.41, 5.74) is 0. The maximum atomic E-state index is 3.62. The van der Waals surface area contributed by atoms with Crippen LogP contribution in [0.1, 0.15) is 44.9 Å². The van der Waals surface area contributed by atoms with Gasteiger partial charge in [-0.25, -0.2) is 0 Å². The van der Waals surface area contributed by atoms with E-state index >= 15 is 0 Å². The highest BCUT2D eigenvalue weighted by Crippen LogP contribution is 2.39. The highest BCUT2D eigenvalue weighted by Gasteiger charge is 2.27. The van der Waals surface area contributed by atoms with Crippen LogP contribution in [-0.2, 0) is 0 Å². The van der Waals surface area contributed by atoms with Gasteiger partial charge < -0.3 is 0 Å². The Morgan fingerprint density at radius 1 is 0.900 bits per heavy atom. The van der Waals surface area contributed by atoms with Crippen LogP contribution in [0.15, 0.2) is 0 Å². The molecule has 10 heavy (non-hydrogen) atoms. The van der Waals surface area contributed by atoms with Crippen molar-refractivity contribution in [2.45, 2.75) is 44.9 Å². The zero-order valence-electron chi connectivity index (χ0n) is 6.60. The molecular formula is C10H16. The summed E-state index contributed by atoms with van der Waals surface area (Å²) in [7, 11) is 0. The molecule has 2 aliphatic rings. The van der Waals surface area contributed by atoms with Gasteiger partial charge in [0.15, 0.2) is 0 Å². The molecule has 2 unspecified atom stereocenters. The van der Waals surface area contributed by atoms with Gasteiger partial charge in [0.05, 0.1) is 0 Å². The van der Waals surface area contributed by atoms with Crippen molar-refractivity contribution in [2.24, 2.45) is 11.8 Å². The molecule has 0 bridgehead atoms. The lowest BCUT2D eigenvalue weighted by Crippen LogP contribution is -2.23. The Kier molecular flexibility index (Phi) is 1.97. The van der Waals surface area contributed by atoms with Crippen LogP contribution >= 0.6 is 0 Å². The van der Waals surface area contributed by atoms with Crippen LogP contribution in [0.5, 0.6) is 0 Å². The summed E-state index contributed by atoms with van der Waals surface area (Å²) in [5, 5.41) is 0. The van der Waals surface area contributed by atoms with Gasteiger partial charge in [0, 0.05) is 0 Å². The summed E-state index contributed by atoms with van der Waals surface area (Å²) in [6.45, 7) is 0. The van der Waals surface area contributed by atoms with E-state index in [1.807, 2.05) is 0 Å². The molecule has 0 aromatic rings. The molecule has 0 aromatic carbocycles. The van der Waals surface area contributed by atoms with Gasteiger partial charge in [0.1, 0.15) is 0 Å². The minimum atomic E-state index is 0.905. The standard InChI is InChI=1S/C10H16/c1-2-6-10-8-4-3-7-9(10)5-1/h9-10H,1-7H2. The van der Waals surface area contributed by atoms with E-state index in [-0.39, 0.29) is 0 Å². The predicted octanol–water partition coefficient (Wildman–Crippen LogP) is 3.06. The first-order valence-corrected chi connectivity index (χ1v) is 4.70. The Morgan fingerprint density at radius 3 is 2.60 bits per heavy atom. The Bertz CT molecular complexity index is 80.6. The molecule has 2 aliphatic carbocycles. The monoisotopic (exact) mass is 136 g/mol. The van der Waals surface area contributed by atoms with Gasteiger partial charge in [0.25, 0.3) is 0 Å². The number of hydrogen-bond donors (Lipinski definition) is 0. The predicted molar refractivity (Wildman–Crippen MR) is 42.5 cm³/mol. The fourth-order valence-electron chi connectivity index (χ4n) is 2.47. The Morgan fingerprint density at radius 2 is 1.70 bits per heavy atom. The zero-order valence-corrected chi connectivity index (χ0v) is 6.60. The molecule has 2 fully saturated rings. The highest BCUT2D eigenvalue weighted by molar-refractivity contribution is 4.89. The molecule has 0 saturated heterocycles. The lowest BCUT2D eigenvalue weighted by atomic mass is 9.71. The molecule has 0 N–H and O–H groups in total. The summed E-state index contributed by atoms with van der Waals surface area (Å²) in [5.74, 6) is 1.95. The topological polar surface area (TPSA) is 0 Å². The molecule has 0 amide bonds. The molecular weight excluding hydrogens is 120 g/mol. The maximum absolute atomic E-state index is 3.62. The van der Waals surface area contributed by atoms with Gasteiger partial charge >= 0.3 is 0 Å². The number of rotatable bonds is 0. The van der Waals surface area contributed by atoms with Gasteiger partial charge in [-0.15, -0.1) is 0 Å². The summed E-state index contributed by atoms with van der Waals surface area (Å²) >= 11 is 0. The average molecular weight is 136 g/mol. The molecule has 2 rings (SSSR count). The van der Waals surface area contributed by atoms with E-state index in [1.165, 1.54) is 44.9 Å². The van der Waals surface area contributed by atoms with Crippen molar-refractivity contribution in [1.82, 2.24) is 0 Å². The molecule has 0 aromatic heterocycles. The minimum Gasteiger partial charge on any atom is -0.0530 e. The Hall–Kier alpha value is 0. The van der Waals surface area contributed by atoms with E-state index in [9.17, 15) is 0 Å². The third kappa shape index (κ3) is 1.21. The summed E-state index contributed by atoms with van der Waals surface area (Å²) in [6.07, 6.45) is 13.7. The Labute approximate surface area is 64.0 Å². The summed E-state index contributed by atoms with van der Waals surface area (Å²) in [4.78, 5) is 0. The average Bonchev–Trinajstić information content (AvgIpc) is 2.05. The van der Waals surface area contributed by atoms with Gasteiger partial charge in [-0.2, -0.15) is 0 Å². The van der Waals surface area contributed by atoms with Gasteiger partial charge in [-0.3, -0.25) is 0 Å². The zero-order chi connectivity index (χ0) is 6.81. The first-order chi connectivity index (χ1) is 4.97. The van der Waals surface area contributed by atoms with Crippen LogP contribution in [0.3, 0.4) is 0 Å². The van der Waals surface area contributed by atoms with Crippen molar-refractivity contribution >= 4 is 0 Å². The third-order valence-corrected chi connectivity index (χ3v) is 3.07. The summed E-state index contributed by atoms with van der Waals surface area (Å²) < 4.78 is 0. The number of fused-ring (bicyclic) bond motifs is 1. The third-order valence-electron chi connectivity index (χ3n) is 3.07. The normalized spacial score (nSPS) is 40.8. The van der Waals surface area contributed by atoms with Gasteiger partial charge in [-0.05, 0) is 31.1 Å². The smallest absolute Gasteiger partial charge is 0.0137 e. The van der Waals surface area contributed by atoms with Crippen LogP contribution in [-0.4, -0.2) is 0 Å². The van der Waals surface area contributed by atoms with Crippen molar-refractivity contribution in [3.05, 3.63) is 6.42 Å². The van der Waals surface area contributed by atoms with Crippen LogP contribution in [0.4, 0.5) is 0 Å². The second-order valence-electron chi connectivity index (χ2n) is 3.75. The molecule has 0 heteroatoms. The lowest BCUT2D eigenvalue weighted by molar-refractivity contribution is 0.218. The van der Waals surface area contributed by atoms with Gasteiger partial charge in [-0.1, -0.05) is 32.1 Å². The molecule has 2 radical (unpaired) electrons. The first-order valence-electron chi connectivity index (χ1n) is 4.70. The van der Waals surface area contributed by atoms with Crippen molar-refractivity contribution < 1.29 is 0 Å². The van der Waals surface area contributed by atoms with Crippen LogP contribution in [0.2, 0.25) is 0 Å². The highest BCUT2D eigenvalue weighted by atomic mass is 14.3. The largest absolute Gasteiger partial charge is 0.0530 e. The molecule has 0 heterocycles. The van der Waals surface area contributed by atoms with E-state index in [2.05, 4.69) is 6.42 Å². The van der Waals surface area contributed by atoms with Gasteiger partial charge in [0.2, 0.25) is 0 Å². The van der Waals surface area contributed by atoms with Crippen molar-refractivity contribution in [3.8, 4) is 0 Å². The molecule has 0 aliphatic heterocycles. The fourth-order valence-corrected chi connectivity index (χ4v) is 2.47. The number of hydrogen-bond acceptors (Lipinski definition) is 0. The van der Waals surface area contributed by atoms with Crippen molar-refractivity contribution in [3.63, 3.8) is 0 Å². The molecule has 2 atom stereocenters. The van der Waals surface area contributed by atoms with E-state index < -0.39 is 0 Å². The van der Waals surface area contributed by atoms with E-state index in [0.29, 0.717) is 0 Å². The SMILES string of the molecule is [C]1CCCC2CCCCC12. The van der Waals surface area contributed by atoms with Crippen LogP contribution < -0.4 is 0 Å². The quantitative estimate of drug-likeness (QED) is 0.480. The lowest BCUT2D eigenvalue weighted by Gasteiger charge is -2.34. The van der Waals surface area contributed by atoms with E-state index in [1.54, 1.807) is 0 Å². The molecule has 0 nitrogen and oxygen atoms in total. The fraction of sp³-hybridized carbons (Fsp3) is 0.900. The van der Waals surface area contributed by atoms with Crippen LogP contribution in [0, 0.1) is 18.3 Å². The van der Waals surface area contributed by atoms with Crippen molar-refractivity contribution in [1.29, 1.82) is 0 Å².